The third kappa shape index (κ3) is 3.04. The summed E-state index contributed by atoms with van der Waals surface area (Å²) in [7, 11) is 0. The van der Waals surface area contributed by atoms with Gasteiger partial charge in [-0.2, -0.15) is 13.2 Å². The number of anilines is 3. The second kappa shape index (κ2) is 5.19. The van der Waals surface area contributed by atoms with E-state index in [-0.39, 0.29) is 5.69 Å². The Morgan fingerprint density at radius 1 is 0.905 bits per heavy atom. The molecule has 21 heavy (non-hydrogen) atoms. The number of hydrogen-bond acceptors (Lipinski definition) is 2. The van der Waals surface area contributed by atoms with Crippen molar-refractivity contribution in [3.63, 3.8) is 0 Å². The highest BCUT2D eigenvalue weighted by Gasteiger charge is 2.33. The molecule has 0 amide bonds. The Kier molecular flexibility index (Phi) is 3.71. The molecule has 2 rings (SSSR count). The average Bonchev–Trinajstić information content (AvgIpc) is 2.40. The van der Waals surface area contributed by atoms with Crippen LogP contribution < -0.4 is 11.1 Å². The van der Waals surface area contributed by atoms with E-state index in [1.165, 1.54) is 0 Å². The summed E-state index contributed by atoms with van der Waals surface area (Å²) in [5.74, 6) is -4.64. The first-order valence-electron chi connectivity index (χ1n) is 5.57. The zero-order valence-corrected chi connectivity index (χ0v) is 10.2. The van der Waals surface area contributed by atoms with Crippen molar-refractivity contribution in [1.82, 2.24) is 0 Å². The van der Waals surface area contributed by atoms with Crippen molar-refractivity contribution >= 4 is 17.1 Å². The number of hydrogen-bond donors (Lipinski definition) is 2. The molecule has 0 unspecified atom stereocenters. The first-order chi connectivity index (χ1) is 9.70. The second-order valence-electron chi connectivity index (χ2n) is 4.15. The second-order valence-corrected chi connectivity index (χ2v) is 4.15. The summed E-state index contributed by atoms with van der Waals surface area (Å²) in [6.07, 6.45) is -4.69. The maximum Gasteiger partial charge on any atom is 0.418 e. The van der Waals surface area contributed by atoms with Gasteiger partial charge in [-0.15, -0.1) is 0 Å². The minimum atomic E-state index is -4.69. The van der Waals surface area contributed by atoms with Gasteiger partial charge in [-0.25, -0.2) is 13.2 Å². The highest BCUT2D eigenvalue weighted by Crippen LogP contribution is 2.36. The van der Waals surface area contributed by atoms with Crippen LogP contribution in [0.1, 0.15) is 5.56 Å². The van der Waals surface area contributed by atoms with Gasteiger partial charge in [-0.05, 0) is 30.3 Å². The van der Waals surface area contributed by atoms with Crippen LogP contribution in [0.2, 0.25) is 0 Å². The van der Waals surface area contributed by atoms with Gasteiger partial charge >= 0.3 is 6.18 Å². The molecule has 2 aromatic carbocycles. The molecule has 0 aromatic heterocycles. The molecule has 2 nitrogen and oxygen atoms in total. The molecule has 0 spiro atoms. The summed E-state index contributed by atoms with van der Waals surface area (Å²) in [5, 5.41) is 2.24. The molecular weight excluding hydrogens is 298 g/mol. The maximum absolute atomic E-state index is 13.4. The van der Waals surface area contributed by atoms with Gasteiger partial charge in [-0.1, -0.05) is 0 Å². The van der Waals surface area contributed by atoms with Gasteiger partial charge in [0.1, 0.15) is 0 Å². The van der Waals surface area contributed by atoms with Crippen LogP contribution in [0.5, 0.6) is 0 Å². The number of halogens is 6. The number of nitrogens with one attached hydrogen (secondary N) is 1. The van der Waals surface area contributed by atoms with E-state index in [4.69, 9.17) is 5.73 Å². The number of nitrogen functional groups attached to an aromatic ring is 1. The molecule has 2 aromatic rings. The standard InChI is InChI=1S/C13H8F6N2/c14-8-2-4-10(12(16)11(8)15)21-6-1-3-9(20)7(5-6)13(17,18)19/h1-5,21H,20H2. The van der Waals surface area contributed by atoms with Crippen LogP contribution in [-0.2, 0) is 6.18 Å². The smallest absolute Gasteiger partial charge is 0.398 e. The monoisotopic (exact) mass is 306 g/mol. The van der Waals surface area contributed by atoms with Crippen molar-refractivity contribution in [2.45, 2.75) is 6.18 Å². The molecule has 112 valence electrons. The number of rotatable bonds is 2. The molecule has 0 aliphatic carbocycles. The van der Waals surface area contributed by atoms with E-state index in [0.717, 1.165) is 18.2 Å². The van der Waals surface area contributed by atoms with Crippen LogP contribution >= 0.6 is 0 Å². The molecule has 8 heteroatoms. The minimum absolute atomic E-state index is 0.165. The Balaban J connectivity index is 2.39. The molecule has 0 aliphatic rings. The van der Waals surface area contributed by atoms with E-state index >= 15 is 0 Å². The number of alkyl halides is 3. The van der Waals surface area contributed by atoms with E-state index in [2.05, 4.69) is 5.32 Å². The third-order valence-electron chi connectivity index (χ3n) is 2.67. The molecule has 0 bridgehead atoms. The van der Waals surface area contributed by atoms with Gasteiger partial charge < -0.3 is 11.1 Å². The quantitative estimate of drug-likeness (QED) is 0.489. The van der Waals surface area contributed by atoms with Crippen LogP contribution in [0, 0.1) is 17.5 Å². The van der Waals surface area contributed by atoms with E-state index < -0.39 is 40.6 Å². The number of nitrogens with two attached hydrogens (primary N) is 1. The predicted octanol–water partition coefficient (Wildman–Crippen LogP) is 4.45. The Hall–Kier alpha value is -2.38. The lowest BCUT2D eigenvalue weighted by molar-refractivity contribution is -0.136. The van der Waals surface area contributed by atoms with Crippen molar-refractivity contribution < 1.29 is 26.3 Å². The lowest BCUT2D eigenvalue weighted by Gasteiger charge is -2.13. The van der Waals surface area contributed by atoms with Crippen LogP contribution in [0.25, 0.3) is 0 Å². The summed E-state index contributed by atoms with van der Waals surface area (Å²) in [5.41, 5.74) is 2.94. The molecule has 0 saturated carbocycles. The summed E-state index contributed by atoms with van der Waals surface area (Å²) in [4.78, 5) is 0. The first kappa shape index (κ1) is 15.0. The van der Waals surface area contributed by atoms with E-state index in [1.54, 1.807) is 0 Å². The molecule has 0 aliphatic heterocycles. The van der Waals surface area contributed by atoms with Gasteiger partial charge in [-0.3, -0.25) is 0 Å². The van der Waals surface area contributed by atoms with Crippen LogP contribution in [0.3, 0.4) is 0 Å². The Labute approximate surface area is 115 Å². The zero-order chi connectivity index (χ0) is 15.8. The Morgan fingerprint density at radius 2 is 1.57 bits per heavy atom. The molecule has 0 radical (unpaired) electrons. The molecule has 0 fully saturated rings. The van der Waals surface area contributed by atoms with Gasteiger partial charge in [0.2, 0.25) is 0 Å². The average molecular weight is 306 g/mol. The van der Waals surface area contributed by atoms with Gasteiger partial charge in [0, 0.05) is 11.4 Å². The molecule has 3 N–H and O–H groups in total. The highest BCUT2D eigenvalue weighted by atomic mass is 19.4. The van der Waals surface area contributed by atoms with Crippen molar-refractivity contribution in [1.29, 1.82) is 0 Å². The molecule has 0 heterocycles. The zero-order valence-electron chi connectivity index (χ0n) is 10.2. The molecule has 0 atom stereocenters. The van der Waals surface area contributed by atoms with Crippen molar-refractivity contribution in [2.24, 2.45) is 0 Å². The SMILES string of the molecule is Nc1ccc(Nc2ccc(F)c(F)c2F)cc1C(F)(F)F. The van der Waals surface area contributed by atoms with Crippen LogP contribution in [-0.4, -0.2) is 0 Å². The lowest BCUT2D eigenvalue weighted by Crippen LogP contribution is -2.09. The summed E-state index contributed by atoms with van der Waals surface area (Å²) >= 11 is 0. The number of benzene rings is 2. The van der Waals surface area contributed by atoms with Gasteiger partial charge in [0.25, 0.3) is 0 Å². The molecular formula is C13H8F6N2. The van der Waals surface area contributed by atoms with Gasteiger partial charge in [0.15, 0.2) is 17.5 Å². The van der Waals surface area contributed by atoms with E-state index in [1.807, 2.05) is 0 Å². The predicted molar refractivity (Wildman–Crippen MR) is 65.5 cm³/mol. The largest absolute Gasteiger partial charge is 0.418 e. The first-order valence-corrected chi connectivity index (χ1v) is 5.57. The minimum Gasteiger partial charge on any atom is -0.398 e. The topological polar surface area (TPSA) is 38.0 Å². The van der Waals surface area contributed by atoms with Crippen LogP contribution in [0.15, 0.2) is 30.3 Å². The van der Waals surface area contributed by atoms with E-state index in [9.17, 15) is 26.3 Å². The van der Waals surface area contributed by atoms with Gasteiger partial charge in [0.05, 0.1) is 11.3 Å². The van der Waals surface area contributed by atoms with Crippen molar-refractivity contribution in [3.05, 3.63) is 53.3 Å². The van der Waals surface area contributed by atoms with Crippen molar-refractivity contribution in [2.75, 3.05) is 11.1 Å². The van der Waals surface area contributed by atoms with Crippen molar-refractivity contribution in [3.8, 4) is 0 Å². The summed E-state index contributed by atoms with van der Waals surface area (Å²) in [6.45, 7) is 0. The fraction of sp³-hybridized carbons (Fsp3) is 0.0769. The highest BCUT2D eigenvalue weighted by molar-refractivity contribution is 5.65. The normalized spacial score (nSPS) is 11.5. The molecule has 0 saturated heterocycles. The summed E-state index contributed by atoms with van der Waals surface area (Å²) < 4.78 is 77.3. The maximum atomic E-state index is 13.4. The third-order valence-corrected chi connectivity index (χ3v) is 2.67. The van der Waals surface area contributed by atoms with E-state index in [0.29, 0.717) is 12.1 Å². The fourth-order valence-corrected chi connectivity index (χ4v) is 1.66. The Morgan fingerprint density at radius 3 is 2.19 bits per heavy atom. The summed E-state index contributed by atoms with van der Waals surface area (Å²) in [6, 6.07) is 4.31. The Bertz CT molecular complexity index is 681. The van der Waals surface area contributed by atoms with Crippen LogP contribution in [0.4, 0.5) is 43.4 Å². The lowest BCUT2D eigenvalue weighted by atomic mass is 10.1. The fourth-order valence-electron chi connectivity index (χ4n) is 1.66.